The van der Waals surface area contributed by atoms with E-state index in [0.29, 0.717) is 29.9 Å². The Kier molecular flexibility index (Phi) is 3.67. The number of amides is 1. The summed E-state index contributed by atoms with van der Waals surface area (Å²) in [5.41, 5.74) is 0.856. The van der Waals surface area contributed by atoms with Crippen LogP contribution in [-0.2, 0) is 4.74 Å². The van der Waals surface area contributed by atoms with E-state index in [0.717, 1.165) is 10.8 Å². The molecule has 0 unspecified atom stereocenters. The van der Waals surface area contributed by atoms with E-state index in [1.807, 2.05) is 36.4 Å². The highest BCUT2D eigenvalue weighted by molar-refractivity contribution is 6.02. The van der Waals surface area contributed by atoms with Crippen molar-refractivity contribution in [1.82, 2.24) is 5.32 Å². The van der Waals surface area contributed by atoms with E-state index >= 15 is 0 Å². The zero-order valence-corrected chi connectivity index (χ0v) is 12.1. The van der Waals surface area contributed by atoms with E-state index in [1.54, 1.807) is 6.07 Å². The molecule has 5 heteroatoms. The molecule has 0 spiro atoms. The lowest BCUT2D eigenvalue weighted by molar-refractivity contribution is 0.0927. The van der Waals surface area contributed by atoms with Gasteiger partial charge in [-0.15, -0.1) is 0 Å². The second kappa shape index (κ2) is 5.78. The summed E-state index contributed by atoms with van der Waals surface area (Å²) in [6.07, 6.45) is 0.515. The van der Waals surface area contributed by atoms with Crippen molar-refractivity contribution in [2.45, 2.75) is 6.42 Å². The first-order valence-electron chi connectivity index (χ1n) is 6.87. The molecule has 0 fully saturated rings. The third kappa shape index (κ3) is 2.47. The van der Waals surface area contributed by atoms with Gasteiger partial charge >= 0.3 is 0 Å². The maximum atomic E-state index is 12.5. The third-order valence-corrected chi connectivity index (χ3v) is 3.55. The van der Waals surface area contributed by atoms with Crippen LogP contribution in [0.3, 0.4) is 0 Å². The lowest BCUT2D eigenvalue weighted by atomic mass is 10.1. The molecular weight excluding hydrogens is 280 g/mol. The lowest BCUT2D eigenvalue weighted by Gasteiger charge is -2.11. The largest absolute Gasteiger partial charge is 0.496 e. The van der Waals surface area contributed by atoms with Crippen LogP contribution in [0.4, 0.5) is 0 Å². The first kappa shape index (κ1) is 14.0. The number of ether oxygens (including phenoxy) is 2. The second-order valence-electron chi connectivity index (χ2n) is 4.87. The molecule has 1 N–H and O–H groups in total. The maximum Gasteiger partial charge on any atom is 0.261 e. The minimum atomic E-state index is -0.354. The van der Waals surface area contributed by atoms with Gasteiger partial charge < -0.3 is 9.47 Å². The van der Waals surface area contributed by atoms with Crippen LogP contribution in [0.15, 0.2) is 47.9 Å². The van der Waals surface area contributed by atoms with Gasteiger partial charge in [-0.1, -0.05) is 24.3 Å². The van der Waals surface area contributed by atoms with Crippen LogP contribution in [0, 0.1) is 11.3 Å². The smallest absolute Gasteiger partial charge is 0.261 e. The fraction of sp³-hybridized carbons (Fsp3) is 0.176. The quantitative estimate of drug-likeness (QED) is 0.944. The Morgan fingerprint density at radius 1 is 1.32 bits per heavy atom. The van der Waals surface area contributed by atoms with Crippen LogP contribution in [0.5, 0.6) is 5.75 Å². The number of nitrogens with zero attached hydrogens (tertiary/aromatic N) is 1. The van der Waals surface area contributed by atoms with Crippen LogP contribution in [-0.4, -0.2) is 19.6 Å². The fourth-order valence-electron chi connectivity index (χ4n) is 2.41. The molecule has 0 atom stereocenters. The minimum absolute atomic E-state index is 0.239. The van der Waals surface area contributed by atoms with Gasteiger partial charge in [-0.2, -0.15) is 5.26 Å². The third-order valence-electron chi connectivity index (χ3n) is 3.55. The molecule has 1 aliphatic rings. The predicted octanol–water partition coefficient (Wildman–Crippen LogP) is 2.73. The summed E-state index contributed by atoms with van der Waals surface area (Å²) in [6.45, 7) is 0.410. The van der Waals surface area contributed by atoms with Gasteiger partial charge in [0.05, 0.1) is 24.9 Å². The molecule has 2 aromatic carbocycles. The molecule has 22 heavy (non-hydrogen) atoms. The number of nitriles is 1. The molecule has 0 radical (unpaired) electrons. The number of nitrogens with one attached hydrogen (secondary N) is 1. The summed E-state index contributed by atoms with van der Waals surface area (Å²) in [7, 11) is 1.52. The van der Waals surface area contributed by atoms with Crippen molar-refractivity contribution < 1.29 is 14.3 Å². The van der Waals surface area contributed by atoms with E-state index in [9.17, 15) is 4.79 Å². The highest BCUT2D eigenvalue weighted by Gasteiger charge is 2.21. The standard InChI is InChI=1S/C17H14N2O3/c1-21-15-9-12-5-3-2-4-11(12)8-14(15)16(20)19-17-13(10-18)6-7-22-17/h2-5,8-9H,6-7H2,1H3,(H,19,20). The van der Waals surface area contributed by atoms with Crippen molar-refractivity contribution in [2.75, 3.05) is 13.7 Å². The van der Waals surface area contributed by atoms with Crippen molar-refractivity contribution in [2.24, 2.45) is 0 Å². The van der Waals surface area contributed by atoms with Crippen LogP contribution < -0.4 is 10.1 Å². The number of methoxy groups -OCH3 is 1. The van der Waals surface area contributed by atoms with Crippen LogP contribution >= 0.6 is 0 Å². The summed E-state index contributed by atoms with van der Waals surface area (Å²) in [6, 6.07) is 13.3. The Bertz CT molecular complexity index is 818. The minimum Gasteiger partial charge on any atom is -0.496 e. The molecule has 0 saturated heterocycles. The summed E-state index contributed by atoms with van der Waals surface area (Å²) in [5, 5.41) is 13.6. The van der Waals surface area contributed by atoms with Gasteiger partial charge in [0.1, 0.15) is 11.8 Å². The lowest BCUT2D eigenvalue weighted by Crippen LogP contribution is -2.24. The molecule has 1 heterocycles. The summed E-state index contributed by atoms with van der Waals surface area (Å²) >= 11 is 0. The van der Waals surface area contributed by atoms with Crippen molar-refractivity contribution in [3.63, 3.8) is 0 Å². The zero-order chi connectivity index (χ0) is 15.5. The van der Waals surface area contributed by atoms with Crippen molar-refractivity contribution in [3.8, 4) is 11.8 Å². The van der Waals surface area contributed by atoms with E-state index in [4.69, 9.17) is 14.7 Å². The predicted molar refractivity (Wildman–Crippen MR) is 81.2 cm³/mol. The van der Waals surface area contributed by atoms with Crippen molar-refractivity contribution in [1.29, 1.82) is 5.26 Å². The molecule has 0 aromatic heterocycles. The first-order valence-corrected chi connectivity index (χ1v) is 6.87. The molecule has 5 nitrogen and oxygen atoms in total. The average molecular weight is 294 g/mol. The maximum absolute atomic E-state index is 12.5. The van der Waals surface area contributed by atoms with Crippen LogP contribution in [0.2, 0.25) is 0 Å². The topological polar surface area (TPSA) is 71.3 Å². The van der Waals surface area contributed by atoms with Gasteiger partial charge in [0.2, 0.25) is 5.88 Å². The monoisotopic (exact) mass is 294 g/mol. The first-order chi connectivity index (χ1) is 10.7. The molecular formula is C17H14N2O3. The van der Waals surface area contributed by atoms with E-state index < -0.39 is 0 Å². The van der Waals surface area contributed by atoms with Gasteiger partial charge in [-0.3, -0.25) is 10.1 Å². The molecule has 0 aliphatic carbocycles. The van der Waals surface area contributed by atoms with Gasteiger partial charge in [-0.05, 0) is 22.9 Å². The molecule has 2 aromatic rings. The van der Waals surface area contributed by atoms with Crippen LogP contribution in [0.1, 0.15) is 16.8 Å². The average Bonchev–Trinajstić information content (AvgIpc) is 3.00. The Morgan fingerprint density at radius 2 is 2.05 bits per heavy atom. The highest BCUT2D eigenvalue weighted by atomic mass is 16.5. The van der Waals surface area contributed by atoms with E-state index in [2.05, 4.69) is 5.32 Å². The summed E-state index contributed by atoms with van der Waals surface area (Å²) in [4.78, 5) is 12.5. The van der Waals surface area contributed by atoms with E-state index in [-0.39, 0.29) is 11.8 Å². The number of carbonyl (C=O) groups excluding carboxylic acids is 1. The molecule has 3 rings (SSSR count). The van der Waals surface area contributed by atoms with Crippen molar-refractivity contribution in [3.05, 3.63) is 53.4 Å². The highest BCUT2D eigenvalue weighted by Crippen LogP contribution is 2.26. The zero-order valence-electron chi connectivity index (χ0n) is 12.1. The Hall–Kier alpha value is -3.00. The number of benzene rings is 2. The molecule has 0 bridgehead atoms. The number of carbonyl (C=O) groups is 1. The number of fused-ring (bicyclic) bond motifs is 1. The van der Waals surface area contributed by atoms with Gasteiger partial charge in [0.15, 0.2) is 0 Å². The normalized spacial score (nSPS) is 13.6. The molecule has 1 aliphatic heterocycles. The number of rotatable bonds is 3. The Labute approximate surface area is 127 Å². The molecule has 1 amide bonds. The van der Waals surface area contributed by atoms with Gasteiger partial charge in [-0.25, -0.2) is 0 Å². The number of hydrogen-bond acceptors (Lipinski definition) is 4. The Morgan fingerprint density at radius 3 is 2.73 bits per heavy atom. The van der Waals surface area contributed by atoms with Crippen molar-refractivity contribution >= 4 is 16.7 Å². The van der Waals surface area contributed by atoms with Gasteiger partial charge in [0, 0.05) is 6.42 Å². The summed E-state index contributed by atoms with van der Waals surface area (Å²) < 4.78 is 10.6. The SMILES string of the molecule is COc1cc2ccccc2cc1C(=O)NC1=C(C#N)CCO1. The van der Waals surface area contributed by atoms with Gasteiger partial charge in [0.25, 0.3) is 5.91 Å². The van der Waals surface area contributed by atoms with Crippen LogP contribution in [0.25, 0.3) is 10.8 Å². The number of hydrogen-bond donors (Lipinski definition) is 1. The van der Waals surface area contributed by atoms with E-state index in [1.165, 1.54) is 7.11 Å². The Balaban J connectivity index is 1.98. The second-order valence-corrected chi connectivity index (χ2v) is 4.87. The molecule has 110 valence electrons. The fourth-order valence-corrected chi connectivity index (χ4v) is 2.41. The molecule has 0 saturated carbocycles. The summed E-state index contributed by atoms with van der Waals surface area (Å²) in [5.74, 6) is 0.364.